The van der Waals surface area contributed by atoms with E-state index < -0.39 is 0 Å². The number of hydrogen-bond acceptors (Lipinski definition) is 5. The third kappa shape index (κ3) is 3.59. The maximum Gasteiger partial charge on any atom is 1.00 e. The van der Waals surface area contributed by atoms with Crippen LogP contribution in [0.1, 0.15) is 31.8 Å². The number of tetrazole rings is 1. The molecule has 9 heteroatoms. The predicted molar refractivity (Wildman–Crippen MR) is 104 cm³/mol. The molecule has 3 aromatic rings. The summed E-state index contributed by atoms with van der Waals surface area (Å²) in [6, 6.07) is 11.4. The van der Waals surface area contributed by atoms with Gasteiger partial charge in [-0.05, 0) is 60.2 Å². The fraction of sp³-hybridized carbons (Fsp3) is 0.250. The van der Waals surface area contributed by atoms with Gasteiger partial charge < -0.3 is 6.74 Å². The number of aromatic nitrogens is 4. The molecular weight excluding hydrogens is 379 g/mol. The normalized spacial score (nSPS) is 15.7. The van der Waals surface area contributed by atoms with E-state index in [1.807, 2.05) is 30.3 Å². The Hall–Kier alpha value is -2.55. The number of anilines is 3. The minimum Gasteiger partial charge on any atom is -1.00 e. The third-order valence-corrected chi connectivity index (χ3v) is 5.29. The average Bonchev–Trinajstić information content (AvgIpc) is 3.20. The summed E-state index contributed by atoms with van der Waals surface area (Å²) in [6.07, 6.45) is 3.94. The van der Waals surface area contributed by atoms with Crippen molar-refractivity contribution in [2.45, 2.75) is 32.1 Å². The largest absolute Gasteiger partial charge is 1.00 e. The van der Waals surface area contributed by atoms with Gasteiger partial charge in [0, 0.05) is 11.3 Å². The number of fused-ring (bicyclic) bond motifs is 3. The Bertz CT molecular complexity index is 1090. The second-order valence-electron chi connectivity index (χ2n) is 7.04. The van der Waals surface area contributed by atoms with Crippen LogP contribution in [0.3, 0.4) is 0 Å². The Morgan fingerprint density at radius 1 is 1.07 bits per heavy atom. The maximum absolute atomic E-state index is 13.0. The van der Waals surface area contributed by atoms with Gasteiger partial charge in [-0.3, -0.25) is 14.5 Å². The number of carbonyl (C=O) groups excluding carboxylic acids is 2. The molecule has 2 aromatic carbocycles. The molecule has 0 fully saturated rings. The second-order valence-corrected chi connectivity index (χ2v) is 7.04. The van der Waals surface area contributed by atoms with Crippen molar-refractivity contribution < 1.29 is 40.6 Å². The first-order valence-electron chi connectivity index (χ1n) is 9.32. The Balaban J connectivity index is 0.00000128. The van der Waals surface area contributed by atoms with Crippen LogP contribution in [-0.4, -0.2) is 32.4 Å². The van der Waals surface area contributed by atoms with Gasteiger partial charge in [0.15, 0.2) is 0 Å². The zero-order chi connectivity index (χ0) is 19.1. The van der Waals surface area contributed by atoms with Crippen LogP contribution in [0.4, 0.5) is 17.1 Å². The number of nitrogens with one attached hydrogen (secondary N) is 2. The van der Waals surface area contributed by atoms with E-state index in [9.17, 15) is 9.59 Å². The van der Waals surface area contributed by atoms with Crippen LogP contribution in [0.15, 0.2) is 36.4 Å². The van der Waals surface area contributed by atoms with Gasteiger partial charge >= 0.3 is 29.6 Å². The second kappa shape index (κ2) is 8.06. The first-order chi connectivity index (χ1) is 13.7. The fourth-order valence-corrected chi connectivity index (χ4v) is 4.03. The van der Waals surface area contributed by atoms with Crippen molar-refractivity contribution in [2.75, 3.05) is 10.2 Å². The smallest absolute Gasteiger partial charge is 1.00 e. The van der Waals surface area contributed by atoms with E-state index in [1.54, 1.807) is 4.90 Å². The molecule has 2 heterocycles. The molecule has 2 aliphatic rings. The Morgan fingerprint density at radius 2 is 1.93 bits per heavy atom. The number of hydrogen-bond donors (Lipinski definition) is 2. The van der Waals surface area contributed by atoms with E-state index in [-0.39, 0.29) is 49.2 Å². The molecule has 2 amide bonds. The Kier molecular flexibility index (Phi) is 5.49. The minimum absolute atomic E-state index is 0. The van der Waals surface area contributed by atoms with Gasteiger partial charge in [0.2, 0.25) is 17.6 Å². The molecule has 1 aromatic heterocycles. The molecule has 0 bridgehead atoms. The van der Waals surface area contributed by atoms with Gasteiger partial charge in [0.25, 0.3) is 0 Å². The summed E-state index contributed by atoms with van der Waals surface area (Å²) in [7, 11) is 0. The molecule has 0 radical (unpaired) electrons. The van der Waals surface area contributed by atoms with Crippen molar-refractivity contribution in [3.63, 3.8) is 0 Å². The van der Waals surface area contributed by atoms with Crippen molar-refractivity contribution >= 4 is 28.9 Å². The van der Waals surface area contributed by atoms with Gasteiger partial charge in [-0.2, -0.15) is 5.21 Å². The molecule has 1 aliphatic heterocycles. The molecule has 1 aliphatic carbocycles. The molecule has 0 saturated heterocycles. The van der Waals surface area contributed by atoms with Crippen molar-refractivity contribution in [1.29, 1.82) is 0 Å². The Labute approximate surface area is 190 Å². The number of rotatable bonds is 2. The van der Waals surface area contributed by atoms with Gasteiger partial charge in [-0.1, -0.05) is 18.2 Å². The molecule has 5 rings (SSSR count). The number of carbonyl (C=O) groups is 2. The summed E-state index contributed by atoms with van der Waals surface area (Å²) < 4.78 is 0. The molecule has 29 heavy (non-hydrogen) atoms. The van der Waals surface area contributed by atoms with E-state index in [0.717, 1.165) is 42.5 Å². The number of benzene rings is 2. The predicted octanol–water partition coefficient (Wildman–Crippen LogP) is -0.131. The van der Waals surface area contributed by atoms with Gasteiger partial charge in [-0.25, -0.2) is 0 Å². The molecule has 142 valence electrons. The van der Waals surface area contributed by atoms with E-state index >= 15 is 0 Å². The molecule has 8 nitrogen and oxygen atoms in total. The number of nitrogens with zero attached hydrogens (tertiary/aromatic N) is 4. The topological polar surface area (TPSA) is 104 Å². The summed E-state index contributed by atoms with van der Waals surface area (Å²) in [5.41, 5.74) is 5.27. The Morgan fingerprint density at radius 3 is 2.76 bits per heavy atom. The number of H-pyrrole nitrogens is 1. The zero-order valence-electron chi connectivity index (χ0n) is 17.1. The van der Waals surface area contributed by atoms with Crippen LogP contribution in [0.5, 0.6) is 0 Å². The van der Waals surface area contributed by atoms with Gasteiger partial charge in [-0.15, -0.1) is 10.2 Å². The zero-order valence-corrected chi connectivity index (χ0v) is 18.1. The first-order valence-corrected chi connectivity index (χ1v) is 9.32. The maximum atomic E-state index is 13.0. The molecule has 0 spiro atoms. The summed E-state index contributed by atoms with van der Waals surface area (Å²) in [4.78, 5) is 27.0. The standard InChI is InChI=1S/C20H18N6O2.Na.H/c27-17-11-18(28)26(14-6-3-5-13(10-14)20-22-24-25-23-20)16-9-8-12-4-1-2-7-15(12)19(16)21-17;;/h3,5-6,8-10H,1-2,4,7,11H2,(H,21,27)(H,22,23,24,25);;/q;+1;-1. The summed E-state index contributed by atoms with van der Waals surface area (Å²) in [5, 5.41) is 17.0. The quantitative estimate of drug-likeness (QED) is 0.462. The van der Waals surface area contributed by atoms with E-state index in [0.29, 0.717) is 17.2 Å². The van der Waals surface area contributed by atoms with Crippen molar-refractivity contribution in [1.82, 2.24) is 20.6 Å². The van der Waals surface area contributed by atoms with Gasteiger partial charge in [0.1, 0.15) is 6.42 Å². The van der Waals surface area contributed by atoms with Crippen LogP contribution in [0.25, 0.3) is 11.4 Å². The first kappa shape index (κ1) is 19.8. The van der Waals surface area contributed by atoms with Crippen LogP contribution in [-0.2, 0) is 22.4 Å². The summed E-state index contributed by atoms with van der Waals surface area (Å²) in [5.74, 6) is -0.0942. The van der Waals surface area contributed by atoms with E-state index in [1.165, 1.54) is 5.56 Å². The van der Waals surface area contributed by atoms with E-state index in [4.69, 9.17) is 0 Å². The molecule has 0 unspecified atom stereocenters. The minimum atomic E-state index is -0.276. The average molecular weight is 398 g/mol. The van der Waals surface area contributed by atoms with Crippen LogP contribution in [0.2, 0.25) is 0 Å². The monoisotopic (exact) mass is 398 g/mol. The SMILES string of the molecule is O=C1CC(=O)N(c2cccc(-c3nn[nH]n3)c2)c2ccc3c(c2N1)CCCC3.[H-].[Na+]. The third-order valence-electron chi connectivity index (χ3n) is 5.29. The molecule has 2 N–H and O–H groups in total. The van der Waals surface area contributed by atoms with Crippen LogP contribution >= 0.6 is 0 Å². The number of aryl methyl sites for hydroxylation is 1. The van der Waals surface area contributed by atoms with Crippen molar-refractivity contribution in [3.05, 3.63) is 47.5 Å². The van der Waals surface area contributed by atoms with Crippen LogP contribution < -0.4 is 39.8 Å². The molecule has 0 atom stereocenters. The summed E-state index contributed by atoms with van der Waals surface area (Å²) >= 11 is 0. The number of aromatic amines is 1. The number of amides is 2. The molecular formula is C20H19N6NaO2. The van der Waals surface area contributed by atoms with Gasteiger partial charge in [0.05, 0.1) is 11.4 Å². The van der Waals surface area contributed by atoms with Crippen LogP contribution in [0, 0.1) is 0 Å². The van der Waals surface area contributed by atoms with E-state index in [2.05, 4.69) is 32.0 Å². The van der Waals surface area contributed by atoms with Crippen molar-refractivity contribution in [3.8, 4) is 11.4 Å². The fourth-order valence-electron chi connectivity index (χ4n) is 4.03. The molecule has 0 saturated carbocycles. The van der Waals surface area contributed by atoms with Crippen molar-refractivity contribution in [2.24, 2.45) is 0 Å². The summed E-state index contributed by atoms with van der Waals surface area (Å²) in [6.45, 7) is 0.